The number of carbonyl (C=O) groups is 1. The molecule has 5 nitrogen and oxygen atoms in total. The van der Waals surface area contributed by atoms with E-state index in [1.165, 1.54) is 5.06 Å². The lowest BCUT2D eigenvalue weighted by molar-refractivity contribution is -0.121. The summed E-state index contributed by atoms with van der Waals surface area (Å²) in [6.45, 7) is 3.64. The first-order valence-corrected chi connectivity index (χ1v) is 5.93. The van der Waals surface area contributed by atoms with E-state index in [1.807, 2.05) is 26.0 Å². The molecule has 0 heterocycles. The third-order valence-corrected chi connectivity index (χ3v) is 2.97. The molecule has 2 unspecified atom stereocenters. The summed E-state index contributed by atoms with van der Waals surface area (Å²) in [5.74, 6) is 0. The van der Waals surface area contributed by atoms with Crippen LogP contribution in [0.5, 0.6) is 0 Å². The summed E-state index contributed by atoms with van der Waals surface area (Å²) >= 11 is 0. The molecule has 0 aromatic rings. The summed E-state index contributed by atoms with van der Waals surface area (Å²) in [5, 5.41) is 10.8. The van der Waals surface area contributed by atoms with E-state index in [2.05, 4.69) is 0 Å². The van der Waals surface area contributed by atoms with Crippen LogP contribution >= 0.6 is 0 Å². The molecular formula is C12H22N2O3. The Bertz CT molecular complexity index is 289. The Hall–Kier alpha value is -1.07. The van der Waals surface area contributed by atoms with Gasteiger partial charge in [0.15, 0.2) is 0 Å². The average Bonchev–Trinajstić information content (AvgIpc) is 2.27. The topological polar surface area (TPSA) is 53.0 Å². The molecule has 1 rings (SSSR count). The number of ether oxygens (including phenoxy) is 1. The van der Waals surface area contributed by atoms with Crippen LogP contribution in [0.2, 0.25) is 0 Å². The molecule has 0 spiro atoms. The minimum absolute atomic E-state index is 0.0544. The fourth-order valence-corrected chi connectivity index (χ4v) is 2.02. The molecule has 0 saturated heterocycles. The Balaban J connectivity index is 2.68. The molecule has 1 N–H and O–H groups in total. The van der Waals surface area contributed by atoms with Gasteiger partial charge in [-0.15, -0.1) is 0 Å². The largest absolute Gasteiger partial charge is 0.447 e. The molecular weight excluding hydrogens is 220 g/mol. The Morgan fingerprint density at radius 2 is 1.82 bits per heavy atom. The van der Waals surface area contributed by atoms with Gasteiger partial charge < -0.3 is 14.8 Å². The number of carbonyl (C=O) groups excluding carboxylic acids is 1. The van der Waals surface area contributed by atoms with E-state index in [4.69, 9.17) is 4.74 Å². The number of rotatable bonds is 3. The molecule has 0 fully saturated rings. The quantitative estimate of drug-likeness (QED) is 0.606. The van der Waals surface area contributed by atoms with Crippen molar-refractivity contribution in [1.29, 1.82) is 0 Å². The van der Waals surface area contributed by atoms with E-state index in [0.29, 0.717) is 0 Å². The van der Waals surface area contributed by atoms with E-state index < -0.39 is 0 Å². The minimum Gasteiger partial charge on any atom is -0.447 e. The molecule has 0 bridgehead atoms. The van der Waals surface area contributed by atoms with Crippen molar-refractivity contribution in [3.05, 3.63) is 12.2 Å². The normalized spacial score (nSPS) is 24.2. The number of hydroxylamine groups is 2. The van der Waals surface area contributed by atoms with Crippen molar-refractivity contribution in [3.8, 4) is 0 Å². The Morgan fingerprint density at radius 1 is 1.29 bits per heavy atom. The van der Waals surface area contributed by atoms with Crippen molar-refractivity contribution in [1.82, 2.24) is 9.96 Å². The zero-order chi connectivity index (χ0) is 13.0. The molecule has 0 radical (unpaired) electrons. The van der Waals surface area contributed by atoms with Gasteiger partial charge in [-0.3, -0.25) is 0 Å². The lowest BCUT2D eigenvalue weighted by atomic mass is 9.95. The Labute approximate surface area is 103 Å². The van der Waals surface area contributed by atoms with Crippen LogP contribution < -0.4 is 0 Å². The number of amides is 1. The molecule has 0 saturated carbocycles. The van der Waals surface area contributed by atoms with Gasteiger partial charge in [-0.2, -0.15) is 5.06 Å². The highest BCUT2D eigenvalue weighted by molar-refractivity contribution is 5.68. The minimum atomic E-state index is -0.341. The van der Waals surface area contributed by atoms with E-state index >= 15 is 0 Å². The second-order valence-corrected chi connectivity index (χ2v) is 4.69. The molecule has 1 aliphatic carbocycles. The number of nitrogens with zero attached hydrogens (tertiary/aromatic N) is 2. The Morgan fingerprint density at radius 3 is 2.29 bits per heavy atom. The first-order chi connectivity index (χ1) is 7.93. The van der Waals surface area contributed by atoms with Gasteiger partial charge in [-0.1, -0.05) is 12.2 Å². The van der Waals surface area contributed by atoms with Crippen molar-refractivity contribution in [2.75, 3.05) is 14.1 Å². The predicted molar refractivity (Wildman–Crippen MR) is 64.9 cm³/mol. The van der Waals surface area contributed by atoms with E-state index in [0.717, 1.165) is 12.8 Å². The summed E-state index contributed by atoms with van der Waals surface area (Å²) in [5.41, 5.74) is 0. The van der Waals surface area contributed by atoms with Gasteiger partial charge in [0.1, 0.15) is 0 Å². The van der Waals surface area contributed by atoms with Crippen LogP contribution in [0, 0.1) is 0 Å². The van der Waals surface area contributed by atoms with Gasteiger partial charge in [-0.25, -0.2) is 4.79 Å². The summed E-state index contributed by atoms with van der Waals surface area (Å²) in [7, 11) is 3.32. The van der Waals surface area contributed by atoms with Gasteiger partial charge in [0, 0.05) is 14.1 Å². The highest BCUT2D eigenvalue weighted by Crippen LogP contribution is 2.21. The second-order valence-electron chi connectivity index (χ2n) is 4.69. The van der Waals surface area contributed by atoms with Crippen molar-refractivity contribution in [2.24, 2.45) is 0 Å². The molecule has 0 aromatic heterocycles. The first kappa shape index (κ1) is 14.0. The number of hydrogen-bond acceptors (Lipinski definition) is 4. The highest BCUT2D eigenvalue weighted by atomic mass is 16.6. The zero-order valence-corrected chi connectivity index (χ0v) is 11.0. The highest BCUT2D eigenvalue weighted by Gasteiger charge is 2.32. The fraction of sp³-hybridized carbons (Fsp3) is 0.750. The molecule has 0 aliphatic heterocycles. The van der Waals surface area contributed by atoms with Crippen LogP contribution in [0.3, 0.4) is 0 Å². The van der Waals surface area contributed by atoms with Gasteiger partial charge in [0.25, 0.3) is 0 Å². The van der Waals surface area contributed by atoms with E-state index in [9.17, 15) is 10.0 Å². The standard InChI is InChI=1S/C12H22N2O3/c1-9(2)17-12(15)13(3)10-7-5-6-8-11(10)14(4)16/h5-6,9-11,16H,7-8H2,1-4H3. The van der Waals surface area contributed by atoms with Crippen LogP contribution in [0.25, 0.3) is 0 Å². The van der Waals surface area contributed by atoms with Crippen LogP contribution in [0.4, 0.5) is 4.79 Å². The van der Waals surface area contributed by atoms with Crippen LogP contribution in [0.15, 0.2) is 12.2 Å². The second kappa shape index (κ2) is 6.02. The summed E-state index contributed by atoms with van der Waals surface area (Å²) in [4.78, 5) is 13.4. The maximum absolute atomic E-state index is 11.8. The lowest BCUT2D eigenvalue weighted by Gasteiger charge is -2.37. The molecule has 2 atom stereocenters. The number of hydrogen-bond donors (Lipinski definition) is 1. The van der Waals surface area contributed by atoms with E-state index in [-0.39, 0.29) is 24.3 Å². The molecule has 17 heavy (non-hydrogen) atoms. The average molecular weight is 242 g/mol. The Kier molecular flexibility index (Phi) is 4.96. The van der Waals surface area contributed by atoms with Crippen LogP contribution in [-0.4, -0.2) is 53.5 Å². The van der Waals surface area contributed by atoms with Gasteiger partial charge >= 0.3 is 6.09 Å². The SMILES string of the molecule is CC(C)OC(=O)N(C)C1CC=CCC1N(C)O. The fourth-order valence-electron chi connectivity index (χ4n) is 2.02. The van der Waals surface area contributed by atoms with E-state index in [1.54, 1.807) is 19.0 Å². The summed E-state index contributed by atoms with van der Waals surface area (Å²) in [6.07, 6.45) is 5.05. The van der Waals surface area contributed by atoms with Crippen molar-refractivity contribution >= 4 is 6.09 Å². The molecule has 5 heteroatoms. The van der Waals surface area contributed by atoms with Gasteiger partial charge in [0.2, 0.25) is 0 Å². The molecule has 0 aromatic carbocycles. The van der Waals surface area contributed by atoms with Crippen LogP contribution in [0.1, 0.15) is 26.7 Å². The number of likely N-dealkylation sites (N-methyl/N-ethyl adjacent to an activating group) is 2. The van der Waals surface area contributed by atoms with Crippen molar-refractivity contribution in [2.45, 2.75) is 44.9 Å². The third-order valence-electron chi connectivity index (χ3n) is 2.97. The first-order valence-electron chi connectivity index (χ1n) is 5.93. The third kappa shape index (κ3) is 3.71. The maximum atomic E-state index is 11.8. The summed E-state index contributed by atoms with van der Waals surface area (Å²) < 4.78 is 5.16. The van der Waals surface area contributed by atoms with Crippen molar-refractivity contribution < 1.29 is 14.7 Å². The lowest BCUT2D eigenvalue weighted by Crippen LogP contribution is -2.51. The summed E-state index contributed by atoms with van der Waals surface area (Å²) in [6, 6.07) is -0.133. The van der Waals surface area contributed by atoms with Crippen LogP contribution in [-0.2, 0) is 4.74 Å². The van der Waals surface area contributed by atoms with Gasteiger partial charge in [0.05, 0.1) is 18.2 Å². The molecule has 1 amide bonds. The molecule has 1 aliphatic rings. The zero-order valence-electron chi connectivity index (χ0n) is 11.0. The molecule has 98 valence electrons. The predicted octanol–water partition coefficient (Wildman–Crippen LogP) is 1.87. The van der Waals surface area contributed by atoms with Crippen molar-refractivity contribution in [3.63, 3.8) is 0 Å². The maximum Gasteiger partial charge on any atom is 0.410 e. The monoisotopic (exact) mass is 242 g/mol. The van der Waals surface area contributed by atoms with Gasteiger partial charge in [-0.05, 0) is 26.7 Å². The smallest absolute Gasteiger partial charge is 0.410 e.